The van der Waals surface area contributed by atoms with E-state index in [1.807, 2.05) is 6.07 Å². The van der Waals surface area contributed by atoms with Gasteiger partial charge in [0.05, 0.1) is 23.5 Å². The van der Waals surface area contributed by atoms with Crippen molar-refractivity contribution >= 4 is 10.0 Å². The Morgan fingerprint density at radius 2 is 2.05 bits per heavy atom. The molecule has 21 heavy (non-hydrogen) atoms. The van der Waals surface area contributed by atoms with Gasteiger partial charge in [0.25, 0.3) is 0 Å². The number of nitriles is 1. The fraction of sp³-hybridized carbons (Fsp3) is 0.533. The van der Waals surface area contributed by atoms with Gasteiger partial charge in [-0.25, -0.2) is 13.1 Å². The zero-order valence-electron chi connectivity index (χ0n) is 11.8. The van der Waals surface area contributed by atoms with Crippen molar-refractivity contribution in [3.63, 3.8) is 0 Å². The van der Waals surface area contributed by atoms with Gasteiger partial charge in [-0.05, 0) is 30.5 Å². The van der Waals surface area contributed by atoms with E-state index in [4.69, 9.17) is 5.26 Å². The van der Waals surface area contributed by atoms with Gasteiger partial charge < -0.3 is 5.11 Å². The first-order chi connectivity index (χ1) is 10.0. The summed E-state index contributed by atoms with van der Waals surface area (Å²) in [5.74, 6) is 0. The molecule has 0 saturated heterocycles. The normalized spacial score (nSPS) is 18.1. The lowest BCUT2D eigenvalue weighted by atomic mass is 9.96. The Bertz CT molecular complexity index is 616. The van der Waals surface area contributed by atoms with Gasteiger partial charge in [0.1, 0.15) is 0 Å². The number of benzene rings is 1. The summed E-state index contributed by atoms with van der Waals surface area (Å²) in [7, 11) is -3.57. The van der Waals surface area contributed by atoms with Gasteiger partial charge in [-0.1, -0.05) is 31.4 Å². The number of hydrogen-bond acceptors (Lipinski definition) is 4. The average Bonchev–Trinajstić information content (AvgIpc) is 2.48. The van der Waals surface area contributed by atoms with Crippen molar-refractivity contribution in [2.75, 3.05) is 0 Å². The van der Waals surface area contributed by atoms with Crippen molar-refractivity contribution in [1.29, 1.82) is 5.26 Å². The molecule has 1 aliphatic rings. The highest BCUT2D eigenvalue weighted by Crippen LogP contribution is 2.22. The van der Waals surface area contributed by atoms with Crippen LogP contribution in [-0.4, -0.2) is 19.6 Å². The molecule has 1 aromatic carbocycles. The maximum absolute atomic E-state index is 12.4. The van der Waals surface area contributed by atoms with Crippen molar-refractivity contribution < 1.29 is 13.5 Å². The molecule has 0 bridgehead atoms. The van der Waals surface area contributed by atoms with Crippen LogP contribution in [0.1, 0.15) is 50.2 Å². The molecular formula is C15H20N2O3S. The van der Waals surface area contributed by atoms with Crippen LogP contribution < -0.4 is 4.72 Å². The highest BCUT2D eigenvalue weighted by Gasteiger charge is 2.22. The van der Waals surface area contributed by atoms with Gasteiger partial charge in [0.15, 0.2) is 0 Å². The standard InChI is InChI=1S/C15H20N2O3S/c16-10-9-15(18)12-5-4-8-14(11-12)21(19,20)17-13-6-2-1-3-7-13/h4-5,8,11,13,15,17-18H,1-3,6-7,9H2. The minimum atomic E-state index is -3.57. The molecule has 0 aromatic heterocycles. The highest BCUT2D eigenvalue weighted by atomic mass is 32.2. The van der Waals surface area contributed by atoms with Gasteiger partial charge in [-0.2, -0.15) is 5.26 Å². The zero-order chi connectivity index (χ0) is 15.3. The van der Waals surface area contributed by atoms with Crippen LogP contribution in [0, 0.1) is 11.3 Å². The van der Waals surface area contributed by atoms with E-state index >= 15 is 0 Å². The van der Waals surface area contributed by atoms with Gasteiger partial charge in [0.2, 0.25) is 10.0 Å². The molecule has 0 heterocycles. The van der Waals surface area contributed by atoms with E-state index in [-0.39, 0.29) is 17.4 Å². The van der Waals surface area contributed by atoms with Crippen molar-refractivity contribution in [3.05, 3.63) is 29.8 Å². The quantitative estimate of drug-likeness (QED) is 0.873. The maximum atomic E-state index is 12.4. The second-order valence-corrected chi connectivity index (χ2v) is 7.12. The third-order valence-electron chi connectivity index (χ3n) is 3.76. The lowest BCUT2D eigenvalue weighted by molar-refractivity contribution is 0.183. The van der Waals surface area contributed by atoms with Crippen LogP contribution in [0.25, 0.3) is 0 Å². The van der Waals surface area contributed by atoms with Crippen LogP contribution in [0.4, 0.5) is 0 Å². The van der Waals surface area contributed by atoms with E-state index in [9.17, 15) is 13.5 Å². The summed E-state index contributed by atoms with van der Waals surface area (Å²) in [5.41, 5.74) is 0.447. The number of nitrogens with one attached hydrogen (secondary N) is 1. The third-order valence-corrected chi connectivity index (χ3v) is 5.28. The van der Waals surface area contributed by atoms with Crippen LogP contribution in [0.15, 0.2) is 29.2 Å². The van der Waals surface area contributed by atoms with Crippen LogP contribution in [0.3, 0.4) is 0 Å². The first-order valence-electron chi connectivity index (χ1n) is 7.20. The lowest BCUT2D eigenvalue weighted by Gasteiger charge is -2.22. The third kappa shape index (κ3) is 4.27. The number of aliphatic hydroxyl groups excluding tert-OH is 1. The summed E-state index contributed by atoms with van der Waals surface area (Å²) >= 11 is 0. The number of rotatable bonds is 5. The SMILES string of the molecule is N#CCC(O)c1cccc(S(=O)(=O)NC2CCCCC2)c1. The molecule has 0 aliphatic heterocycles. The molecule has 2 N–H and O–H groups in total. The predicted octanol–water partition coefficient (Wildman–Crippen LogP) is 2.24. The molecule has 0 amide bonds. The van der Waals surface area contributed by atoms with Crippen LogP contribution in [-0.2, 0) is 10.0 Å². The topological polar surface area (TPSA) is 90.2 Å². The number of nitrogens with zero attached hydrogens (tertiary/aromatic N) is 1. The predicted molar refractivity (Wildman–Crippen MR) is 78.8 cm³/mol. The van der Waals surface area contributed by atoms with Gasteiger partial charge in [-0.15, -0.1) is 0 Å². The molecule has 1 saturated carbocycles. The fourth-order valence-corrected chi connectivity index (χ4v) is 3.96. The van der Waals surface area contributed by atoms with Gasteiger partial charge in [-0.3, -0.25) is 0 Å². The summed E-state index contributed by atoms with van der Waals surface area (Å²) in [6, 6.07) is 8.03. The van der Waals surface area contributed by atoms with Crippen LogP contribution in [0.2, 0.25) is 0 Å². The first-order valence-corrected chi connectivity index (χ1v) is 8.68. The molecule has 1 fully saturated rings. The summed E-state index contributed by atoms with van der Waals surface area (Å²) < 4.78 is 27.5. The number of sulfonamides is 1. The van der Waals surface area contributed by atoms with E-state index in [0.29, 0.717) is 5.56 Å². The molecule has 2 rings (SSSR count). The molecule has 5 nitrogen and oxygen atoms in total. The highest BCUT2D eigenvalue weighted by molar-refractivity contribution is 7.89. The zero-order valence-corrected chi connectivity index (χ0v) is 12.6. The minimum Gasteiger partial charge on any atom is -0.387 e. The van der Waals surface area contributed by atoms with E-state index in [1.54, 1.807) is 12.1 Å². The Morgan fingerprint density at radius 1 is 1.33 bits per heavy atom. The Balaban J connectivity index is 2.16. The Hall–Kier alpha value is -1.42. The van der Waals surface area contributed by atoms with Crippen molar-refractivity contribution in [3.8, 4) is 6.07 Å². The molecule has 1 aliphatic carbocycles. The number of aliphatic hydroxyl groups is 1. The lowest BCUT2D eigenvalue weighted by Crippen LogP contribution is -2.36. The van der Waals surface area contributed by atoms with Gasteiger partial charge >= 0.3 is 0 Å². The summed E-state index contributed by atoms with van der Waals surface area (Å²) in [5, 5.41) is 18.4. The fourth-order valence-electron chi connectivity index (χ4n) is 2.60. The first kappa shape index (κ1) is 16.0. The molecular weight excluding hydrogens is 288 g/mol. The second kappa shape index (κ2) is 7.03. The number of hydrogen-bond donors (Lipinski definition) is 2. The molecule has 0 spiro atoms. The Kier molecular flexibility index (Phi) is 5.34. The maximum Gasteiger partial charge on any atom is 0.240 e. The Morgan fingerprint density at radius 3 is 2.71 bits per heavy atom. The summed E-state index contributed by atoms with van der Waals surface area (Å²) in [6.07, 6.45) is 3.99. The van der Waals surface area contributed by atoms with Crippen molar-refractivity contribution in [2.45, 2.75) is 55.6 Å². The molecule has 1 atom stereocenters. The average molecular weight is 308 g/mol. The molecule has 6 heteroatoms. The van der Waals surface area contributed by atoms with E-state index in [2.05, 4.69) is 4.72 Å². The van der Waals surface area contributed by atoms with Crippen LogP contribution in [0.5, 0.6) is 0 Å². The summed E-state index contributed by atoms with van der Waals surface area (Å²) in [6.45, 7) is 0. The largest absolute Gasteiger partial charge is 0.387 e. The van der Waals surface area contributed by atoms with E-state index in [1.165, 1.54) is 12.1 Å². The van der Waals surface area contributed by atoms with Gasteiger partial charge in [0, 0.05) is 6.04 Å². The molecule has 1 unspecified atom stereocenters. The minimum absolute atomic E-state index is 0.00330. The Labute approximate surface area is 125 Å². The smallest absolute Gasteiger partial charge is 0.240 e. The van der Waals surface area contributed by atoms with Crippen LogP contribution >= 0.6 is 0 Å². The summed E-state index contributed by atoms with van der Waals surface area (Å²) in [4.78, 5) is 0.141. The monoisotopic (exact) mass is 308 g/mol. The molecule has 1 aromatic rings. The van der Waals surface area contributed by atoms with E-state index < -0.39 is 16.1 Å². The molecule has 0 radical (unpaired) electrons. The van der Waals surface area contributed by atoms with Crippen molar-refractivity contribution in [2.24, 2.45) is 0 Å². The van der Waals surface area contributed by atoms with Crippen molar-refractivity contribution in [1.82, 2.24) is 4.72 Å². The molecule has 114 valence electrons. The second-order valence-electron chi connectivity index (χ2n) is 5.41. The van der Waals surface area contributed by atoms with E-state index in [0.717, 1.165) is 32.1 Å².